The van der Waals surface area contributed by atoms with Crippen molar-refractivity contribution in [1.82, 2.24) is 10.2 Å². The van der Waals surface area contributed by atoms with Crippen molar-refractivity contribution in [3.8, 4) is 0 Å². The molecule has 3 amide bonds. The zero-order valence-electron chi connectivity index (χ0n) is 9.90. The number of hydrogen-bond acceptors (Lipinski definition) is 4. The van der Waals surface area contributed by atoms with E-state index in [1.165, 1.54) is 12.2 Å². The molecule has 1 rings (SSSR count). The Balaban J connectivity index is 2.29. The Morgan fingerprint density at radius 2 is 1.88 bits per heavy atom. The summed E-state index contributed by atoms with van der Waals surface area (Å²) in [6.45, 7) is 4.32. The van der Waals surface area contributed by atoms with E-state index in [2.05, 4.69) is 17.9 Å². The zero-order valence-corrected chi connectivity index (χ0v) is 10.8. The molecule has 0 aromatic heterocycles. The number of nitrogens with one attached hydrogen (secondary N) is 1. The molecule has 0 aromatic carbocycles. The van der Waals surface area contributed by atoms with Crippen LogP contribution >= 0.6 is 12.6 Å². The van der Waals surface area contributed by atoms with Gasteiger partial charge in [0.25, 0.3) is 11.8 Å². The van der Waals surface area contributed by atoms with E-state index in [0.29, 0.717) is 6.54 Å². The van der Waals surface area contributed by atoms with E-state index in [-0.39, 0.29) is 35.4 Å². The Morgan fingerprint density at radius 3 is 2.35 bits per heavy atom. The van der Waals surface area contributed by atoms with Crippen molar-refractivity contribution in [2.24, 2.45) is 0 Å². The van der Waals surface area contributed by atoms with Crippen LogP contribution in [0.2, 0.25) is 0 Å². The van der Waals surface area contributed by atoms with Crippen LogP contribution in [0.1, 0.15) is 20.3 Å². The highest BCUT2D eigenvalue weighted by Crippen LogP contribution is 2.09. The van der Waals surface area contributed by atoms with Crippen molar-refractivity contribution in [3.63, 3.8) is 0 Å². The average Bonchev–Trinajstić information content (AvgIpc) is 2.52. The maximum absolute atomic E-state index is 11.4. The first-order chi connectivity index (χ1) is 7.79. The minimum Gasteiger partial charge on any atom is -0.355 e. The molecule has 0 aromatic rings. The lowest BCUT2D eigenvalue weighted by molar-refractivity contribution is -0.137. The summed E-state index contributed by atoms with van der Waals surface area (Å²) in [5.74, 6) is -0.922. The van der Waals surface area contributed by atoms with Gasteiger partial charge in [0.2, 0.25) is 5.91 Å². The summed E-state index contributed by atoms with van der Waals surface area (Å²) in [6.07, 6.45) is 2.52. The number of amides is 3. The molecule has 1 N–H and O–H groups in total. The number of hydrogen-bond donors (Lipinski definition) is 2. The molecule has 6 heteroatoms. The van der Waals surface area contributed by atoms with Gasteiger partial charge in [-0.15, -0.1) is 0 Å². The smallest absolute Gasteiger partial charge is 0.253 e. The fourth-order valence-electron chi connectivity index (χ4n) is 1.27. The highest BCUT2D eigenvalue weighted by molar-refractivity contribution is 7.81. The molecule has 0 atom stereocenters. The van der Waals surface area contributed by atoms with E-state index < -0.39 is 0 Å². The monoisotopic (exact) mass is 256 g/mol. The first kappa shape index (κ1) is 13.8. The summed E-state index contributed by atoms with van der Waals surface area (Å²) in [7, 11) is 0. The summed E-state index contributed by atoms with van der Waals surface area (Å²) in [4.78, 5) is 34.9. The quantitative estimate of drug-likeness (QED) is 0.542. The number of rotatable bonds is 5. The van der Waals surface area contributed by atoms with Crippen LogP contribution in [0.5, 0.6) is 0 Å². The molecule has 1 aliphatic rings. The van der Waals surface area contributed by atoms with Gasteiger partial charge in [0, 0.05) is 36.4 Å². The van der Waals surface area contributed by atoms with Crippen molar-refractivity contribution >= 4 is 30.4 Å². The lowest BCUT2D eigenvalue weighted by Gasteiger charge is -2.18. The minimum atomic E-state index is -0.364. The number of nitrogens with zero attached hydrogens (tertiary/aromatic N) is 1. The van der Waals surface area contributed by atoms with Crippen molar-refractivity contribution < 1.29 is 14.4 Å². The lowest BCUT2D eigenvalue weighted by Crippen LogP contribution is -2.38. The Kier molecular flexibility index (Phi) is 4.34. The fourth-order valence-corrected chi connectivity index (χ4v) is 1.35. The van der Waals surface area contributed by atoms with Crippen molar-refractivity contribution in [3.05, 3.63) is 12.2 Å². The molecule has 0 spiro atoms. The Labute approximate surface area is 106 Å². The van der Waals surface area contributed by atoms with Crippen LogP contribution in [0.15, 0.2) is 12.2 Å². The second-order valence-corrected chi connectivity index (χ2v) is 5.71. The molecule has 0 unspecified atom stereocenters. The molecule has 0 saturated carbocycles. The van der Waals surface area contributed by atoms with Crippen molar-refractivity contribution in [2.75, 3.05) is 13.1 Å². The van der Waals surface area contributed by atoms with E-state index in [4.69, 9.17) is 0 Å². The molecule has 5 nitrogen and oxygen atoms in total. The van der Waals surface area contributed by atoms with Gasteiger partial charge in [-0.25, -0.2) is 0 Å². The predicted molar refractivity (Wildman–Crippen MR) is 66.6 cm³/mol. The van der Waals surface area contributed by atoms with Gasteiger partial charge in [0.15, 0.2) is 0 Å². The third kappa shape index (κ3) is 4.60. The maximum Gasteiger partial charge on any atom is 0.253 e. The highest BCUT2D eigenvalue weighted by atomic mass is 32.1. The molecule has 0 fully saturated rings. The topological polar surface area (TPSA) is 66.5 Å². The third-order valence-corrected chi connectivity index (χ3v) is 2.34. The number of imide groups is 1. The summed E-state index contributed by atoms with van der Waals surface area (Å²) in [5.41, 5.74) is 0. The van der Waals surface area contributed by atoms with Gasteiger partial charge in [0.1, 0.15) is 0 Å². The third-order valence-electron chi connectivity index (χ3n) is 2.18. The Hall–Kier alpha value is -1.30. The van der Waals surface area contributed by atoms with Crippen LogP contribution in [0.3, 0.4) is 0 Å². The molecule has 17 heavy (non-hydrogen) atoms. The van der Waals surface area contributed by atoms with Crippen molar-refractivity contribution in [2.45, 2.75) is 25.0 Å². The van der Waals surface area contributed by atoms with Gasteiger partial charge in [-0.2, -0.15) is 12.6 Å². The second-order valence-electron chi connectivity index (χ2n) is 4.50. The van der Waals surface area contributed by atoms with Gasteiger partial charge < -0.3 is 5.32 Å². The Morgan fingerprint density at radius 1 is 1.35 bits per heavy atom. The first-order valence-electron chi connectivity index (χ1n) is 5.32. The van der Waals surface area contributed by atoms with Gasteiger partial charge in [-0.3, -0.25) is 19.3 Å². The van der Waals surface area contributed by atoms with Crippen LogP contribution in [-0.2, 0) is 14.4 Å². The second kappa shape index (κ2) is 5.35. The standard InChI is InChI=1S/C11H16N2O3S/c1-11(2,17)7-12-8(14)5-6-13-9(15)3-4-10(13)16/h3-4,17H,5-7H2,1-2H3,(H,12,14). The molecule has 0 radical (unpaired) electrons. The van der Waals surface area contributed by atoms with E-state index in [1.54, 1.807) is 0 Å². The molecule has 0 saturated heterocycles. The Bertz CT molecular complexity index is 353. The van der Waals surface area contributed by atoms with E-state index in [9.17, 15) is 14.4 Å². The van der Waals surface area contributed by atoms with Gasteiger partial charge in [-0.1, -0.05) is 0 Å². The molecule has 94 valence electrons. The fraction of sp³-hybridized carbons (Fsp3) is 0.545. The predicted octanol–water partition coefficient (Wildman–Crippen LogP) is 0.126. The molecule has 0 aliphatic carbocycles. The first-order valence-corrected chi connectivity index (χ1v) is 5.77. The van der Waals surface area contributed by atoms with Crippen molar-refractivity contribution in [1.29, 1.82) is 0 Å². The highest BCUT2D eigenvalue weighted by Gasteiger charge is 2.23. The largest absolute Gasteiger partial charge is 0.355 e. The van der Waals surface area contributed by atoms with Crippen LogP contribution < -0.4 is 5.32 Å². The number of thiol groups is 1. The molecular weight excluding hydrogens is 240 g/mol. The number of carbonyl (C=O) groups excluding carboxylic acids is 3. The van der Waals surface area contributed by atoms with Crippen LogP contribution in [0.25, 0.3) is 0 Å². The average molecular weight is 256 g/mol. The zero-order chi connectivity index (χ0) is 13.1. The molecular formula is C11H16N2O3S. The molecule has 1 heterocycles. The van der Waals surface area contributed by atoms with E-state index >= 15 is 0 Å². The summed E-state index contributed by atoms with van der Waals surface area (Å²) < 4.78 is -0.281. The normalized spacial score (nSPS) is 15.6. The lowest BCUT2D eigenvalue weighted by atomic mass is 10.2. The molecule has 1 aliphatic heterocycles. The van der Waals surface area contributed by atoms with Gasteiger partial charge >= 0.3 is 0 Å². The molecule has 0 bridgehead atoms. The van der Waals surface area contributed by atoms with Crippen LogP contribution in [0.4, 0.5) is 0 Å². The van der Waals surface area contributed by atoms with E-state index in [1.807, 2.05) is 13.8 Å². The maximum atomic E-state index is 11.4. The van der Waals surface area contributed by atoms with Crippen LogP contribution in [0, 0.1) is 0 Å². The van der Waals surface area contributed by atoms with E-state index in [0.717, 1.165) is 4.90 Å². The number of carbonyl (C=O) groups is 3. The van der Waals surface area contributed by atoms with Gasteiger partial charge in [-0.05, 0) is 13.8 Å². The SMILES string of the molecule is CC(C)(S)CNC(=O)CCN1C(=O)C=CC1=O. The summed E-state index contributed by atoms with van der Waals surface area (Å²) in [5, 5.41) is 2.69. The van der Waals surface area contributed by atoms with Gasteiger partial charge in [0.05, 0.1) is 0 Å². The summed E-state index contributed by atoms with van der Waals surface area (Å²) >= 11 is 4.27. The minimum absolute atomic E-state index is 0.114. The summed E-state index contributed by atoms with van der Waals surface area (Å²) in [6, 6.07) is 0. The van der Waals surface area contributed by atoms with Crippen LogP contribution in [-0.4, -0.2) is 40.5 Å².